The highest BCUT2D eigenvalue weighted by molar-refractivity contribution is 6.21. The molecule has 0 amide bonds. The van der Waals surface area contributed by atoms with Crippen LogP contribution in [0.4, 0.5) is 0 Å². The number of benzene rings is 7. The van der Waals surface area contributed by atoms with E-state index < -0.39 is 0 Å². The quantitative estimate of drug-likeness (QED) is 0.236. The van der Waals surface area contributed by atoms with Gasteiger partial charge in [0.25, 0.3) is 0 Å². The Balaban J connectivity index is 1.37. The number of rotatable bonds is 3. The molecule has 0 spiro atoms. The topological polar surface area (TPSA) is 0 Å². The summed E-state index contributed by atoms with van der Waals surface area (Å²) in [4.78, 5) is 0. The largest absolute Gasteiger partial charge is 0.0622 e. The summed E-state index contributed by atoms with van der Waals surface area (Å²) < 4.78 is 0. The van der Waals surface area contributed by atoms with Crippen LogP contribution in [0.5, 0.6) is 0 Å². The van der Waals surface area contributed by atoms with Gasteiger partial charge in [0, 0.05) is 0 Å². The molecule has 0 radical (unpaired) electrons. The summed E-state index contributed by atoms with van der Waals surface area (Å²) in [5.74, 6) is 0. The molecule has 1 aliphatic rings. The van der Waals surface area contributed by atoms with Gasteiger partial charge in [-0.3, -0.25) is 0 Å². The minimum absolute atomic E-state index is 1.24. The van der Waals surface area contributed by atoms with E-state index in [1.165, 1.54) is 77.2 Å². The van der Waals surface area contributed by atoms with E-state index in [1.54, 1.807) is 0 Å². The predicted molar refractivity (Wildman–Crippen MR) is 162 cm³/mol. The second kappa shape index (κ2) is 8.30. The van der Waals surface area contributed by atoms with Gasteiger partial charge in [0.05, 0.1) is 0 Å². The van der Waals surface area contributed by atoms with Crippen molar-refractivity contribution in [2.75, 3.05) is 0 Å². The molecule has 0 saturated heterocycles. The molecule has 0 unspecified atom stereocenters. The van der Waals surface area contributed by atoms with Crippen molar-refractivity contribution >= 4 is 21.5 Å². The van der Waals surface area contributed by atoms with Crippen LogP contribution < -0.4 is 0 Å². The maximum Gasteiger partial charge on any atom is -0.00139 e. The fourth-order valence-electron chi connectivity index (χ4n) is 6.25. The Bertz CT molecular complexity index is 2010. The lowest BCUT2D eigenvalue weighted by Crippen LogP contribution is -1.90. The maximum atomic E-state index is 2.35. The zero-order valence-corrected chi connectivity index (χ0v) is 20.9. The normalized spacial score (nSPS) is 11.7. The first-order valence-electron chi connectivity index (χ1n) is 13.2. The van der Waals surface area contributed by atoms with Gasteiger partial charge in [-0.05, 0) is 89.3 Å². The number of fused-ring (bicyclic) bond motifs is 4. The summed E-state index contributed by atoms with van der Waals surface area (Å²) in [5, 5.41) is 5.20. The van der Waals surface area contributed by atoms with Gasteiger partial charge in [-0.2, -0.15) is 0 Å². The van der Waals surface area contributed by atoms with Gasteiger partial charge in [0.2, 0.25) is 0 Å². The average molecular weight is 481 g/mol. The fraction of sp³-hybridized carbons (Fsp3) is 0. The minimum atomic E-state index is 1.24. The Morgan fingerprint density at radius 1 is 0.263 bits per heavy atom. The Hall–Kier alpha value is -4.94. The summed E-state index contributed by atoms with van der Waals surface area (Å²) in [6, 6.07) is 53.2. The first-order chi connectivity index (χ1) is 18.8. The van der Waals surface area contributed by atoms with Crippen molar-refractivity contribution < 1.29 is 0 Å². The van der Waals surface area contributed by atoms with Crippen molar-refractivity contribution in [2.24, 2.45) is 0 Å². The van der Waals surface area contributed by atoms with Crippen molar-refractivity contribution in [1.82, 2.24) is 0 Å². The summed E-state index contributed by atoms with van der Waals surface area (Å²) in [7, 11) is 0. The molecule has 0 heterocycles. The van der Waals surface area contributed by atoms with Crippen LogP contribution in [0.25, 0.3) is 77.2 Å². The van der Waals surface area contributed by atoms with Crippen LogP contribution in [0.3, 0.4) is 0 Å². The highest BCUT2D eigenvalue weighted by Crippen LogP contribution is 2.54. The third-order valence-corrected chi connectivity index (χ3v) is 7.99. The van der Waals surface area contributed by atoms with E-state index in [-0.39, 0.29) is 0 Å². The standard InChI is InChI=1S/C38H24/c1-2-10-26(11-3-1)32-21-22-33(38-35-18-8-14-27-13-7-17-34(36(27)35)37(32)38)31-16-6-15-29(24-31)30-20-19-25-9-4-5-12-28(25)23-30/h1-24H. The molecule has 0 nitrogen and oxygen atoms in total. The number of hydrogen-bond acceptors (Lipinski definition) is 0. The van der Waals surface area contributed by atoms with Crippen molar-refractivity contribution in [3.05, 3.63) is 146 Å². The van der Waals surface area contributed by atoms with Crippen molar-refractivity contribution in [3.63, 3.8) is 0 Å². The molecule has 7 aromatic carbocycles. The molecule has 0 bridgehead atoms. The average Bonchev–Trinajstić information content (AvgIpc) is 3.33. The van der Waals surface area contributed by atoms with E-state index in [4.69, 9.17) is 0 Å². The monoisotopic (exact) mass is 480 g/mol. The van der Waals surface area contributed by atoms with Gasteiger partial charge in [0.15, 0.2) is 0 Å². The molecule has 7 aromatic rings. The minimum Gasteiger partial charge on any atom is -0.0622 e. The Morgan fingerprint density at radius 3 is 1.58 bits per heavy atom. The molecule has 0 fully saturated rings. The van der Waals surface area contributed by atoms with Crippen molar-refractivity contribution in [1.29, 1.82) is 0 Å². The van der Waals surface area contributed by atoms with Crippen molar-refractivity contribution in [2.45, 2.75) is 0 Å². The molecule has 0 atom stereocenters. The molecule has 0 saturated carbocycles. The molecular weight excluding hydrogens is 456 g/mol. The van der Waals surface area contributed by atoms with Gasteiger partial charge in [-0.15, -0.1) is 0 Å². The molecule has 0 aliphatic heterocycles. The molecule has 176 valence electrons. The summed E-state index contributed by atoms with van der Waals surface area (Å²) in [5.41, 5.74) is 12.9. The predicted octanol–water partition coefficient (Wildman–Crippen LogP) is 10.6. The summed E-state index contributed by atoms with van der Waals surface area (Å²) in [6.07, 6.45) is 0. The van der Waals surface area contributed by atoms with Gasteiger partial charge in [-0.1, -0.05) is 133 Å². The van der Waals surface area contributed by atoms with E-state index in [0.29, 0.717) is 0 Å². The number of hydrogen-bond donors (Lipinski definition) is 0. The summed E-state index contributed by atoms with van der Waals surface area (Å²) in [6.45, 7) is 0. The lowest BCUT2D eigenvalue weighted by molar-refractivity contribution is 1.58. The van der Waals surface area contributed by atoms with E-state index in [2.05, 4.69) is 146 Å². The van der Waals surface area contributed by atoms with Gasteiger partial charge in [-0.25, -0.2) is 0 Å². The molecule has 0 aromatic heterocycles. The van der Waals surface area contributed by atoms with Crippen LogP contribution in [-0.4, -0.2) is 0 Å². The van der Waals surface area contributed by atoms with Crippen LogP contribution in [-0.2, 0) is 0 Å². The lowest BCUT2D eigenvalue weighted by Gasteiger charge is -2.16. The van der Waals surface area contributed by atoms with E-state index in [9.17, 15) is 0 Å². The molecule has 0 heteroatoms. The third-order valence-electron chi connectivity index (χ3n) is 7.99. The zero-order chi connectivity index (χ0) is 25.1. The highest BCUT2D eigenvalue weighted by Gasteiger charge is 2.27. The van der Waals surface area contributed by atoms with Crippen LogP contribution in [0.2, 0.25) is 0 Å². The second-order valence-electron chi connectivity index (χ2n) is 10.1. The van der Waals surface area contributed by atoms with E-state index in [0.717, 1.165) is 0 Å². The highest BCUT2D eigenvalue weighted by atomic mass is 14.3. The first-order valence-corrected chi connectivity index (χ1v) is 13.2. The molecule has 1 aliphatic carbocycles. The van der Waals surface area contributed by atoms with Gasteiger partial charge in [0.1, 0.15) is 0 Å². The van der Waals surface area contributed by atoms with Gasteiger partial charge >= 0.3 is 0 Å². The van der Waals surface area contributed by atoms with Crippen LogP contribution in [0.1, 0.15) is 0 Å². The van der Waals surface area contributed by atoms with E-state index in [1.807, 2.05) is 0 Å². The van der Waals surface area contributed by atoms with E-state index >= 15 is 0 Å². The van der Waals surface area contributed by atoms with Crippen LogP contribution in [0, 0.1) is 0 Å². The molecule has 0 N–H and O–H groups in total. The zero-order valence-electron chi connectivity index (χ0n) is 20.9. The third kappa shape index (κ3) is 3.17. The fourth-order valence-corrected chi connectivity index (χ4v) is 6.25. The summed E-state index contributed by atoms with van der Waals surface area (Å²) >= 11 is 0. The lowest BCUT2D eigenvalue weighted by atomic mass is 9.87. The SMILES string of the molecule is c1ccc(-c2ccc(-c3cccc(-c4ccc5ccccc5c4)c3)c3c2-c2cccc4cccc-3c24)cc1. The first kappa shape index (κ1) is 21.2. The van der Waals surface area contributed by atoms with Gasteiger partial charge < -0.3 is 0 Å². The van der Waals surface area contributed by atoms with Crippen LogP contribution >= 0.6 is 0 Å². The Morgan fingerprint density at radius 2 is 0.816 bits per heavy atom. The van der Waals surface area contributed by atoms with Crippen LogP contribution in [0.15, 0.2) is 146 Å². The maximum absolute atomic E-state index is 2.35. The Labute approximate surface area is 222 Å². The van der Waals surface area contributed by atoms with Crippen molar-refractivity contribution in [3.8, 4) is 55.6 Å². The molecule has 8 rings (SSSR count). The molecule has 38 heavy (non-hydrogen) atoms. The Kier molecular flexibility index (Phi) is 4.62. The molecular formula is C38H24. The second-order valence-corrected chi connectivity index (χ2v) is 10.1. The smallest absolute Gasteiger partial charge is 0.00139 e.